The van der Waals surface area contributed by atoms with Gasteiger partial charge in [-0.25, -0.2) is 0 Å². The van der Waals surface area contributed by atoms with Gasteiger partial charge in [0.05, 0.1) is 12.7 Å². The number of hydrogen-bond acceptors (Lipinski definition) is 3. The Kier molecular flexibility index (Phi) is 3.79. The highest BCUT2D eigenvalue weighted by Crippen LogP contribution is 2.36. The van der Waals surface area contributed by atoms with Crippen molar-refractivity contribution in [3.63, 3.8) is 0 Å². The molecule has 1 saturated heterocycles. The van der Waals surface area contributed by atoms with Crippen LogP contribution in [0, 0.1) is 11.8 Å². The molecule has 2 aliphatic rings. The smallest absolute Gasteiger partial charge is 0.147 e. The van der Waals surface area contributed by atoms with Crippen LogP contribution in [0.5, 0.6) is 0 Å². The second-order valence-corrected chi connectivity index (χ2v) is 4.58. The number of hydrogen-bond donors (Lipinski definition) is 1. The third-order valence-corrected chi connectivity index (χ3v) is 3.24. The van der Waals surface area contributed by atoms with Gasteiger partial charge in [-0.15, -0.1) is 0 Å². The lowest BCUT2D eigenvalue weighted by molar-refractivity contribution is -0.137. The Balaban J connectivity index is 1.52. The first-order valence-corrected chi connectivity index (χ1v) is 5.76. The van der Waals surface area contributed by atoms with Crippen LogP contribution in [-0.2, 0) is 9.47 Å². The largest absolute Gasteiger partial charge is 0.355 e. The van der Waals surface area contributed by atoms with E-state index in [2.05, 4.69) is 12.2 Å². The van der Waals surface area contributed by atoms with E-state index in [4.69, 9.17) is 9.47 Å². The van der Waals surface area contributed by atoms with E-state index in [-0.39, 0.29) is 0 Å². The zero-order valence-electron chi connectivity index (χ0n) is 9.00. The second-order valence-electron chi connectivity index (χ2n) is 4.58. The van der Waals surface area contributed by atoms with Crippen molar-refractivity contribution in [2.45, 2.75) is 32.3 Å². The molecule has 0 aromatic rings. The molecular formula is C11H21NO2. The summed E-state index contributed by atoms with van der Waals surface area (Å²) in [6, 6.07) is 0. The molecule has 1 aliphatic carbocycles. The van der Waals surface area contributed by atoms with Gasteiger partial charge in [0.25, 0.3) is 0 Å². The van der Waals surface area contributed by atoms with Gasteiger partial charge in [0, 0.05) is 6.54 Å². The normalized spacial score (nSPS) is 30.2. The molecule has 0 radical (unpaired) electrons. The summed E-state index contributed by atoms with van der Waals surface area (Å²) in [5.74, 6) is 1.84. The lowest BCUT2D eigenvalue weighted by Gasteiger charge is -2.23. The van der Waals surface area contributed by atoms with Gasteiger partial charge in [-0.05, 0) is 37.6 Å². The maximum absolute atomic E-state index is 5.45. The van der Waals surface area contributed by atoms with Gasteiger partial charge in [0.1, 0.15) is 6.79 Å². The molecule has 3 heteroatoms. The minimum absolute atomic E-state index is 0.371. The van der Waals surface area contributed by atoms with E-state index in [1.807, 2.05) is 0 Å². The highest BCUT2D eigenvalue weighted by atomic mass is 16.7. The summed E-state index contributed by atoms with van der Waals surface area (Å²) in [4.78, 5) is 0. The Morgan fingerprint density at radius 1 is 1.36 bits per heavy atom. The first-order chi connectivity index (χ1) is 6.86. The molecule has 1 N–H and O–H groups in total. The van der Waals surface area contributed by atoms with Crippen LogP contribution in [0.2, 0.25) is 0 Å². The standard InChI is InChI=1S/C11H21NO2/c1-9(10-2-3-10)6-12-7-11-4-5-13-8-14-11/h9-12H,2-8H2,1H3. The van der Waals surface area contributed by atoms with Gasteiger partial charge >= 0.3 is 0 Å². The average molecular weight is 199 g/mol. The topological polar surface area (TPSA) is 30.5 Å². The number of rotatable bonds is 5. The summed E-state index contributed by atoms with van der Waals surface area (Å²) >= 11 is 0. The summed E-state index contributed by atoms with van der Waals surface area (Å²) in [6.07, 6.45) is 4.29. The Labute approximate surface area is 86.2 Å². The fourth-order valence-electron chi connectivity index (χ4n) is 1.97. The lowest BCUT2D eigenvalue weighted by Crippen LogP contribution is -2.36. The van der Waals surface area contributed by atoms with Gasteiger partial charge in [0.2, 0.25) is 0 Å². The van der Waals surface area contributed by atoms with E-state index in [1.165, 1.54) is 12.8 Å². The Morgan fingerprint density at radius 3 is 2.86 bits per heavy atom. The van der Waals surface area contributed by atoms with E-state index in [1.54, 1.807) is 0 Å². The van der Waals surface area contributed by atoms with Crippen molar-refractivity contribution < 1.29 is 9.47 Å². The molecular weight excluding hydrogens is 178 g/mol. The molecule has 14 heavy (non-hydrogen) atoms. The predicted molar refractivity (Wildman–Crippen MR) is 55.1 cm³/mol. The van der Waals surface area contributed by atoms with Crippen LogP contribution in [0.4, 0.5) is 0 Å². The summed E-state index contributed by atoms with van der Waals surface area (Å²) in [7, 11) is 0. The summed E-state index contributed by atoms with van der Waals surface area (Å²) in [6.45, 7) is 5.80. The van der Waals surface area contributed by atoms with Gasteiger partial charge < -0.3 is 14.8 Å². The molecule has 0 aromatic carbocycles. The SMILES string of the molecule is CC(CNCC1CCOCO1)C1CC1. The Hall–Kier alpha value is -0.120. The summed E-state index contributed by atoms with van der Waals surface area (Å²) in [5.41, 5.74) is 0. The Bertz CT molecular complexity index is 165. The minimum atomic E-state index is 0.371. The van der Waals surface area contributed by atoms with Crippen molar-refractivity contribution in [3.8, 4) is 0 Å². The Morgan fingerprint density at radius 2 is 2.21 bits per heavy atom. The minimum Gasteiger partial charge on any atom is -0.355 e. The highest BCUT2D eigenvalue weighted by molar-refractivity contribution is 4.80. The predicted octanol–water partition coefficient (Wildman–Crippen LogP) is 1.39. The lowest BCUT2D eigenvalue weighted by atomic mass is 10.1. The third kappa shape index (κ3) is 3.23. The fourth-order valence-corrected chi connectivity index (χ4v) is 1.97. The van der Waals surface area contributed by atoms with Crippen LogP contribution < -0.4 is 5.32 Å². The fraction of sp³-hybridized carbons (Fsp3) is 1.00. The molecule has 3 nitrogen and oxygen atoms in total. The van der Waals surface area contributed by atoms with Crippen LogP contribution in [-0.4, -0.2) is 32.6 Å². The molecule has 1 heterocycles. The molecule has 0 amide bonds. The number of nitrogens with one attached hydrogen (secondary N) is 1. The molecule has 2 unspecified atom stereocenters. The van der Waals surface area contributed by atoms with Crippen LogP contribution >= 0.6 is 0 Å². The molecule has 0 bridgehead atoms. The van der Waals surface area contributed by atoms with Crippen molar-refractivity contribution in [2.24, 2.45) is 11.8 Å². The zero-order valence-corrected chi connectivity index (χ0v) is 9.00. The van der Waals surface area contributed by atoms with Crippen LogP contribution in [0.1, 0.15) is 26.2 Å². The van der Waals surface area contributed by atoms with E-state index < -0.39 is 0 Å². The monoisotopic (exact) mass is 199 g/mol. The summed E-state index contributed by atoms with van der Waals surface area (Å²) < 4.78 is 10.6. The zero-order chi connectivity index (χ0) is 9.80. The van der Waals surface area contributed by atoms with Crippen molar-refractivity contribution in [1.82, 2.24) is 5.32 Å². The molecule has 1 saturated carbocycles. The van der Waals surface area contributed by atoms with Crippen molar-refractivity contribution in [3.05, 3.63) is 0 Å². The molecule has 82 valence electrons. The number of ether oxygens (including phenoxy) is 2. The van der Waals surface area contributed by atoms with Crippen LogP contribution in [0.25, 0.3) is 0 Å². The molecule has 2 fully saturated rings. The van der Waals surface area contributed by atoms with E-state index in [9.17, 15) is 0 Å². The highest BCUT2D eigenvalue weighted by Gasteiger charge is 2.27. The summed E-state index contributed by atoms with van der Waals surface area (Å²) in [5, 5.41) is 3.50. The molecule has 2 rings (SSSR count). The average Bonchev–Trinajstić information content (AvgIpc) is 3.02. The van der Waals surface area contributed by atoms with Crippen molar-refractivity contribution in [1.29, 1.82) is 0 Å². The third-order valence-electron chi connectivity index (χ3n) is 3.24. The van der Waals surface area contributed by atoms with Crippen molar-refractivity contribution >= 4 is 0 Å². The van der Waals surface area contributed by atoms with E-state index >= 15 is 0 Å². The van der Waals surface area contributed by atoms with Gasteiger partial charge in [-0.1, -0.05) is 6.92 Å². The van der Waals surface area contributed by atoms with Gasteiger partial charge in [-0.2, -0.15) is 0 Å². The molecule has 0 spiro atoms. The van der Waals surface area contributed by atoms with E-state index in [0.717, 1.165) is 38.0 Å². The van der Waals surface area contributed by atoms with Crippen LogP contribution in [0.3, 0.4) is 0 Å². The first-order valence-electron chi connectivity index (χ1n) is 5.76. The maximum Gasteiger partial charge on any atom is 0.147 e. The molecule has 0 aromatic heterocycles. The second kappa shape index (κ2) is 5.10. The van der Waals surface area contributed by atoms with E-state index in [0.29, 0.717) is 12.9 Å². The van der Waals surface area contributed by atoms with Gasteiger partial charge in [-0.3, -0.25) is 0 Å². The maximum atomic E-state index is 5.45. The van der Waals surface area contributed by atoms with Crippen molar-refractivity contribution in [2.75, 3.05) is 26.5 Å². The first kappa shape index (κ1) is 10.4. The van der Waals surface area contributed by atoms with Crippen LogP contribution in [0.15, 0.2) is 0 Å². The van der Waals surface area contributed by atoms with Gasteiger partial charge in [0.15, 0.2) is 0 Å². The quantitative estimate of drug-likeness (QED) is 0.725. The molecule has 1 aliphatic heterocycles. The molecule has 2 atom stereocenters.